The van der Waals surface area contributed by atoms with Gasteiger partial charge in [-0.25, -0.2) is 0 Å². The molecule has 0 aliphatic rings. The quantitative estimate of drug-likeness (QED) is 0.711. The highest BCUT2D eigenvalue weighted by Crippen LogP contribution is 2.19. The van der Waals surface area contributed by atoms with Crippen LogP contribution in [0.15, 0.2) is 18.2 Å². The molecular weight excluding hydrogens is 172 g/mol. The van der Waals surface area contributed by atoms with Gasteiger partial charge in [-0.3, -0.25) is 0 Å². The smallest absolute Gasteiger partial charge is 0.0635 e. The second-order valence-electron chi connectivity index (χ2n) is 2.51. The maximum absolute atomic E-state index is 8.34. The summed E-state index contributed by atoms with van der Waals surface area (Å²) in [6.45, 7) is 0. The van der Waals surface area contributed by atoms with Crippen LogP contribution in [-0.4, -0.2) is 0 Å². The molecule has 0 heterocycles. The van der Waals surface area contributed by atoms with Gasteiger partial charge in [-0.15, -0.1) is 0 Å². The van der Waals surface area contributed by atoms with Crippen molar-refractivity contribution in [3.8, 4) is 6.07 Å². The van der Waals surface area contributed by atoms with Crippen LogP contribution in [0.4, 0.5) is 5.69 Å². The molecule has 0 saturated heterocycles. The molecule has 0 bridgehead atoms. The van der Waals surface area contributed by atoms with Crippen molar-refractivity contribution >= 4 is 17.3 Å². The fourth-order valence-electron chi connectivity index (χ4n) is 0.949. The van der Waals surface area contributed by atoms with Crippen LogP contribution in [0.25, 0.3) is 0 Å². The average molecular weight is 181 g/mol. The number of aryl methyl sites for hydroxylation is 1. The third-order valence-corrected chi connectivity index (χ3v) is 1.93. The minimum atomic E-state index is 0.515. The molecule has 0 aliphatic heterocycles. The predicted molar refractivity (Wildman–Crippen MR) is 49.8 cm³/mol. The molecule has 3 heteroatoms. The maximum atomic E-state index is 8.34. The monoisotopic (exact) mass is 180 g/mol. The first kappa shape index (κ1) is 8.89. The van der Waals surface area contributed by atoms with Crippen molar-refractivity contribution in [3.63, 3.8) is 0 Å². The van der Waals surface area contributed by atoms with E-state index in [4.69, 9.17) is 22.6 Å². The Morgan fingerprint density at radius 2 is 2.25 bits per heavy atom. The Morgan fingerprint density at radius 1 is 1.50 bits per heavy atom. The highest BCUT2D eigenvalue weighted by Gasteiger charge is 1.97. The van der Waals surface area contributed by atoms with Crippen molar-refractivity contribution in [2.45, 2.75) is 12.8 Å². The number of benzene rings is 1. The normalized spacial score (nSPS) is 9.33. The molecule has 1 rings (SSSR count). The van der Waals surface area contributed by atoms with Crippen LogP contribution in [0.1, 0.15) is 12.0 Å². The summed E-state index contributed by atoms with van der Waals surface area (Å²) in [4.78, 5) is 0. The van der Waals surface area contributed by atoms with Gasteiger partial charge < -0.3 is 5.73 Å². The van der Waals surface area contributed by atoms with E-state index >= 15 is 0 Å². The van der Waals surface area contributed by atoms with E-state index < -0.39 is 0 Å². The topological polar surface area (TPSA) is 49.8 Å². The molecule has 1 aromatic rings. The summed E-state index contributed by atoms with van der Waals surface area (Å²) in [5.41, 5.74) is 7.21. The summed E-state index contributed by atoms with van der Waals surface area (Å²) >= 11 is 5.72. The molecule has 12 heavy (non-hydrogen) atoms. The van der Waals surface area contributed by atoms with E-state index in [1.165, 1.54) is 0 Å². The number of hydrogen-bond acceptors (Lipinski definition) is 2. The summed E-state index contributed by atoms with van der Waals surface area (Å²) in [6.07, 6.45) is 1.25. The molecule has 0 saturated carbocycles. The first-order valence-corrected chi connectivity index (χ1v) is 4.02. The molecule has 0 unspecified atom stereocenters. The Balaban J connectivity index is 2.77. The van der Waals surface area contributed by atoms with Gasteiger partial charge in [0.2, 0.25) is 0 Å². The molecule has 0 radical (unpaired) electrons. The molecule has 0 fully saturated rings. The van der Waals surface area contributed by atoms with Gasteiger partial charge >= 0.3 is 0 Å². The Bertz CT molecular complexity index is 315. The molecule has 0 atom stereocenters. The minimum Gasteiger partial charge on any atom is -0.398 e. The van der Waals surface area contributed by atoms with Crippen LogP contribution in [0, 0.1) is 11.3 Å². The summed E-state index contributed by atoms with van der Waals surface area (Å²) in [7, 11) is 0. The second kappa shape index (κ2) is 3.99. The molecule has 0 spiro atoms. The first-order chi connectivity index (χ1) is 5.74. The number of hydrogen-bond donors (Lipinski definition) is 1. The zero-order valence-corrected chi connectivity index (χ0v) is 7.30. The van der Waals surface area contributed by atoms with Crippen molar-refractivity contribution in [1.82, 2.24) is 0 Å². The lowest BCUT2D eigenvalue weighted by molar-refractivity contribution is 1.01. The van der Waals surface area contributed by atoms with Crippen LogP contribution < -0.4 is 5.73 Å². The van der Waals surface area contributed by atoms with E-state index in [0.29, 0.717) is 17.1 Å². The van der Waals surface area contributed by atoms with Crippen molar-refractivity contribution < 1.29 is 0 Å². The highest BCUT2D eigenvalue weighted by atomic mass is 35.5. The van der Waals surface area contributed by atoms with Crippen molar-refractivity contribution in [1.29, 1.82) is 5.26 Å². The minimum absolute atomic E-state index is 0.515. The lowest BCUT2D eigenvalue weighted by atomic mass is 10.1. The molecular formula is C9H9ClN2. The number of nitrogens with zero attached hydrogens (tertiary/aromatic N) is 1. The summed E-state index contributed by atoms with van der Waals surface area (Å²) < 4.78 is 0. The molecule has 0 amide bonds. The Kier molecular flexibility index (Phi) is 2.95. The molecule has 0 aliphatic carbocycles. The lowest BCUT2D eigenvalue weighted by Crippen LogP contribution is -1.89. The van der Waals surface area contributed by atoms with Crippen LogP contribution in [-0.2, 0) is 6.42 Å². The van der Waals surface area contributed by atoms with Gasteiger partial charge in [-0.05, 0) is 24.1 Å². The van der Waals surface area contributed by atoms with E-state index in [1.807, 2.05) is 6.07 Å². The molecule has 2 nitrogen and oxygen atoms in total. The van der Waals surface area contributed by atoms with Crippen molar-refractivity contribution in [2.75, 3.05) is 5.73 Å². The standard InChI is InChI=1S/C9H9ClN2/c10-8-4-3-7(2-1-5-11)6-9(8)12/h3-4,6H,1-2,12H2. The van der Waals surface area contributed by atoms with Gasteiger partial charge in [0.05, 0.1) is 16.8 Å². The van der Waals surface area contributed by atoms with Gasteiger partial charge in [0, 0.05) is 6.42 Å². The van der Waals surface area contributed by atoms with E-state index in [-0.39, 0.29) is 0 Å². The number of rotatable bonds is 2. The summed E-state index contributed by atoms with van der Waals surface area (Å²) in [5.74, 6) is 0. The Morgan fingerprint density at radius 3 is 2.83 bits per heavy atom. The molecule has 2 N–H and O–H groups in total. The lowest BCUT2D eigenvalue weighted by Gasteiger charge is -2.00. The number of nitriles is 1. The van der Waals surface area contributed by atoms with Gasteiger partial charge in [0.25, 0.3) is 0 Å². The summed E-state index contributed by atoms with van der Waals surface area (Å²) in [6, 6.07) is 7.52. The van der Waals surface area contributed by atoms with Crippen LogP contribution in [0.5, 0.6) is 0 Å². The molecule has 0 aromatic heterocycles. The third-order valence-electron chi connectivity index (χ3n) is 1.59. The average Bonchev–Trinajstić information content (AvgIpc) is 2.07. The van der Waals surface area contributed by atoms with E-state index in [9.17, 15) is 0 Å². The Labute approximate surface area is 76.6 Å². The maximum Gasteiger partial charge on any atom is 0.0635 e. The fraction of sp³-hybridized carbons (Fsp3) is 0.222. The number of nitrogens with two attached hydrogens (primary N) is 1. The fourth-order valence-corrected chi connectivity index (χ4v) is 1.07. The highest BCUT2D eigenvalue weighted by molar-refractivity contribution is 6.33. The SMILES string of the molecule is N#CCCc1ccc(Cl)c(N)c1. The van der Waals surface area contributed by atoms with E-state index in [2.05, 4.69) is 6.07 Å². The van der Waals surface area contributed by atoms with E-state index in [0.717, 1.165) is 12.0 Å². The van der Waals surface area contributed by atoms with Gasteiger partial charge in [0.15, 0.2) is 0 Å². The van der Waals surface area contributed by atoms with Gasteiger partial charge in [-0.2, -0.15) is 5.26 Å². The second-order valence-corrected chi connectivity index (χ2v) is 2.92. The zero-order chi connectivity index (χ0) is 8.97. The van der Waals surface area contributed by atoms with Crippen molar-refractivity contribution in [2.24, 2.45) is 0 Å². The van der Waals surface area contributed by atoms with Gasteiger partial charge in [-0.1, -0.05) is 17.7 Å². The van der Waals surface area contributed by atoms with Crippen LogP contribution in [0.3, 0.4) is 0 Å². The Hall–Kier alpha value is -1.20. The third kappa shape index (κ3) is 2.14. The van der Waals surface area contributed by atoms with Crippen LogP contribution in [0.2, 0.25) is 5.02 Å². The largest absolute Gasteiger partial charge is 0.398 e. The number of halogens is 1. The van der Waals surface area contributed by atoms with Crippen LogP contribution >= 0.6 is 11.6 Å². The molecule has 62 valence electrons. The first-order valence-electron chi connectivity index (χ1n) is 3.65. The van der Waals surface area contributed by atoms with E-state index in [1.54, 1.807) is 12.1 Å². The number of anilines is 1. The zero-order valence-electron chi connectivity index (χ0n) is 6.55. The van der Waals surface area contributed by atoms with Gasteiger partial charge in [0.1, 0.15) is 0 Å². The van der Waals surface area contributed by atoms with Crippen molar-refractivity contribution in [3.05, 3.63) is 28.8 Å². The summed E-state index contributed by atoms with van der Waals surface area (Å²) in [5, 5.41) is 8.91. The molecule has 1 aromatic carbocycles. The number of nitrogen functional groups attached to an aromatic ring is 1. The predicted octanol–water partition coefficient (Wildman–Crippen LogP) is 2.38.